The molecule has 110 valence electrons. The van der Waals surface area contributed by atoms with E-state index in [1.54, 1.807) is 31.3 Å². The number of hydrogen-bond donors (Lipinski definition) is 1. The summed E-state index contributed by atoms with van der Waals surface area (Å²) in [5.41, 5.74) is 0.143. The molecule has 0 atom stereocenters. The van der Waals surface area contributed by atoms with Crippen LogP contribution in [0.5, 0.6) is 0 Å². The number of carbonyl (C=O) groups excluding carboxylic acids is 1. The van der Waals surface area contributed by atoms with Gasteiger partial charge in [-0.1, -0.05) is 6.07 Å². The molecule has 6 nitrogen and oxygen atoms in total. The van der Waals surface area contributed by atoms with Gasteiger partial charge in [-0.2, -0.15) is 0 Å². The maximum Gasteiger partial charge on any atom is 0.329 e. The molecule has 0 spiro atoms. The number of para-hydroxylation sites is 1. The van der Waals surface area contributed by atoms with Crippen LogP contribution in [0.3, 0.4) is 0 Å². The first-order valence-corrected chi connectivity index (χ1v) is 6.64. The molecular weight excluding hydrogens is 270 g/mol. The Balaban J connectivity index is 2.53. The van der Waals surface area contributed by atoms with Crippen LogP contribution in [0.25, 0.3) is 11.0 Å². The summed E-state index contributed by atoms with van der Waals surface area (Å²) in [6.07, 6.45) is 3.06. The Morgan fingerprint density at radius 3 is 2.52 bits per heavy atom. The Labute approximate surface area is 122 Å². The molecule has 1 amide bonds. The second-order valence-electron chi connectivity index (χ2n) is 5.14. The number of fused-ring (bicyclic) bond motifs is 1. The highest BCUT2D eigenvalue weighted by atomic mass is 16.4. The predicted octanol–water partition coefficient (Wildman–Crippen LogP) is 1.96. The van der Waals surface area contributed by atoms with Gasteiger partial charge in [-0.05, 0) is 32.9 Å². The van der Waals surface area contributed by atoms with E-state index in [4.69, 9.17) is 0 Å². The van der Waals surface area contributed by atoms with Crippen molar-refractivity contribution in [2.75, 3.05) is 6.54 Å². The van der Waals surface area contributed by atoms with Crippen molar-refractivity contribution in [3.05, 3.63) is 36.2 Å². The molecule has 0 aliphatic heterocycles. The minimum absolute atomic E-state index is 0.286. The molecule has 1 aromatic heterocycles. The maximum atomic E-state index is 12.7. The Hall–Kier alpha value is -2.50. The lowest BCUT2D eigenvalue weighted by molar-refractivity contribution is -0.147. The number of carboxylic acid groups (broad SMARTS) is 1. The van der Waals surface area contributed by atoms with E-state index in [0.717, 1.165) is 0 Å². The van der Waals surface area contributed by atoms with Crippen molar-refractivity contribution < 1.29 is 14.7 Å². The highest BCUT2D eigenvalue weighted by Crippen LogP contribution is 2.21. The molecule has 1 aromatic carbocycles. The number of aromatic nitrogens is 2. The number of benzene rings is 1. The minimum atomic E-state index is -1.30. The molecule has 21 heavy (non-hydrogen) atoms. The molecule has 6 heteroatoms. The van der Waals surface area contributed by atoms with E-state index in [2.05, 4.69) is 9.97 Å². The van der Waals surface area contributed by atoms with E-state index in [9.17, 15) is 14.7 Å². The Kier molecular flexibility index (Phi) is 3.88. The number of aliphatic carboxylic acids is 1. The normalized spacial score (nSPS) is 11.4. The number of nitrogens with zero attached hydrogens (tertiary/aromatic N) is 3. The van der Waals surface area contributed by atoms with Crippen LogP contribution >= 0.6 is 0 Å². The van der Waals surface area contributed by atoms with Crippen LogP contribution in [0.4, 0.5) is 0 Å². The molecular formula is C15H17N3O3. The van der Waals surface area contributed by atoms with Gasteiger partial charge in [0.05, 0.1) is 11.1 Å². The predicted molar refractivity (Wildman–Crippen MR) is 78.0 cm³/mol. The van der Waals surface area contributed by atoms with Gasteiger partial charge in [0.2, 0.25) is 0 Å². The third-order valence-electron chi connectivity index (χ3n) is 3.49. The molecule has 0 bridgehead atoms. The number of likely N-dealkylation sites (N-methyl/N-ethyl adjacent to an activating group) is 1. The number of carbonyl (C=O) groups is 2. The average molecular weight is 287 g/mol. The van der Waals surface area contributed by atoms with Crippen LogP contribution in [-0.4, -0.2) is 43.9 Å². The minimum Gasteiger partial charge on any atom is -0.480 e. The summed E-state index contributed by atoms with van der Waals surface area (Å²) in [5.74, 6) is -1.42. The molecule has 2 aromatic rings. The van der Waals surface area contributed by atoms with Gasteiger partial charge in [-0.25, -0.2) is 4.79 Å². The molecule has 0 saturated carbocycles. The standard InChI is InChI=1S/C15H17N3O3/c1-4-18(15(2,3)14(20)21)13(19)10-6-5-7-11-12(10)17-9-8-16-11/h5-9H,4H2,1-3H3,(H,20,21). The second kappa shape index (κ2) is 5.47. The summed E-state index contributed by atoms with van der Waals surface area (Å²) < 4.78 is 0. The van der Waals surface area contributed by atoms with Gasteiger partial charge in [0.25, 0.3) is 5.91 Å². The zero-order valence-corrected chi connectivity index (χ0v) is 12.2. The fourth-order valence-corrected chi connectivity index (χ4v) is 2.22. The number of carboxylic acids is 1. The SMILES string of the molecule is CCN(C(=O)c1cccc2nccnc12)C(C)(C)C(=O)O. The molecule has 0 fully saturated rings. The zero-order chi connectivity index (χ0) is 15.6. The highest BCUT2D eigenvalue weighted by Gasteiger charge is 2.37. The van der Waals surface area contributed by atoms with Crippen LogP contribution in [0, 0.1) is 0 Å². The molecule has 0 aliphatic carbocycles. The lowest BCUT2D eigenvalue weighted by atomic mass is 10.0. The molecule has 0 unspecified atom stereocenters. The molecule has 0 saturated heterocycles. The third kappa shape index (κ3) is 2.56. The van der Waals surface area contributed by atoms with Crippen molar-refractivity contribution in [1.82, 2.24) is 14.9 Å². The van der Waals surface area contributed by atoms with E-state index in [0.29, 0.717) is 16.6 Å². The van der Waals surface area contributed by atoms with E-state index < -0.39 is 11.5 Å². The highest BCUT2D eigenvalue weighted by molar-refractivity contribution is 6.06. The average Bonchev–Trinajstić information content (AvgIpc) is 2.46. The van der Waals surface area contributed by atoms with Crippen LogP contribution in [0.2, 0.25) is 0 Å². The Bertz CT molecular complexity index is 692. The van der Waals surface area contributed by atoms with Gasteiger partial charge in [0, 0.05) is 18.9 Å². The first kappa shape index (κ1) is 14.9. The summed E-state index contributed by atoms with van der Waals surface area (Å²) in [7, 11) is 0. The van der Waals surface area contributed by atoms with E-state index >= 15 is 0 Å². The van der Waals surface area contributed by atoms with Crippen LogP contribution in [0.15, 0.2) is 30.6 Å². The fraction of sp³-hybridized carbons (Fsp3) is 0.333. The first-order chi connectivity index (χ1) is 9.89. The van der Waals surface area contributed by atoms with Gasteiger partial charge in [-0.15, -0.1) is 0 Å². The smallest absolute Gasteiger partial charge is 0.329 e. The van der Waals surface area contributed by atoms with Crippen molar-refractivity contribution in [3.63, 3.8) is 0 Å². The summed E-state index contributed by atoms with van der Waals surface area (Å²) >= 11 is 0. The van der Waals surface area contributed by atoms with E-state index in [-0.39, 0.29) is 12.5 Å². The third-order valence-corrected chi connectivity index (χ3v) is 3.49. The monoisotopic (exact) mass is 287 g/mol. The van der Waals surface area contributed by atoms with Crippen LogP contribution in [0.1, 0.15) is 31.1 Å². The van der Waals surface area contributed by atoms with Gasteiger partial charge >= 0.3 is 5.97 Å². The van der Waals surface area contributed by atoms with Gasteiger partial charge in [-0.3, -0.25) is 14.8 Å². The van der Waals surface area contributed by atoms with Gasteiger partial charge in [0.15, 0.2) is 0 Å². The first-order valence-electron chi connectivity index (χ1n) is 6.64. The largest absolute Gasteiger partial charge is 0.480 e. The molecule has 0 aliphatic rings. The summed E-state index contributed by atoms with van der Waals surface area (Å²) in [6, 6.07) is 5.11. The number of amides is 1. The van der Waals surface area contributed by atoms with Crippen molar-refractivity contribution in [3.8, 4) is 0 Å². The van der Waals surface area contributed by atoms with E-state index in [1.165, 1.54) is 24.9 Å². The lowest BCUT2D eigenvalue weighted by Crippen LogP contribution is -2.53. The second-order valence-corrected chi connectivity index (χ2v) is 5.14. The molecule has 1 N–H and O–H groups in total. The summed E-state index contributed by atoms with van der Waals surface area (Å²) in [6.45, 7) is 5.05. The summed E-state index contributed by atoms with van der Waals surface area (Å²) in [5, 5.41) is 9.33. The van der Waals surface area contributed by atoms with Crippen molar-refractivity contribution in [2.45, 2.75) is 26.3 Å². The fourth-order valence-electron chi connectivity index (χ4n) is 2.22. The Morgan fingerprint density at radius 1 is 1.24 bits per heavy atom. The van der Waals surface area contributed by atoms with Crippen molar-refractivity contribution >= 4 is 22.9 Å². The lowest BCUT2D eigenvalue weighted by Gasteiger charge is -2.34. The molecule has 0 radical (unpaired) electrons. The molecule has 2 rings (SSSR count). The van der Waals surface area contributed by atoms with Crippen molar-refractivity contribution in [1.29, 1.82) is 0 Å². The zero-order valence-electron chi connectivity index (χ0n) is 12.2. The topological polar surface area (TPSA) is 83.4 Å². The summed E-state index contributed by atoms with van der Waals surface area (Å²) in [4.78, 5) is 33.8. The van der Waals surface area contributed by atoms with Gasteiger partial charge in [0.1, 0.15) is 11.1 Å². The number of hydrogen-bond acceptors (Lipinski definition) is 4. The Morgan fingerprint density at radius 2 is 1.90 bits per heavy atom. The van der Waals surface area contributed by atoms with E-state index in [1.807, 2.05) is 0 Å². The quantitative estimate of drug-likeness (QED) is 0.929. The van der Waals surface area contributed by atoms with Crippen LogP contribution in [-0.2, 0) is 4.79 Å². The van der Waals surface area contributed by atoms with Crippen molar-refractivity contribution in [2.24, 2.45) is 0 Å². The van der Waals surface area contributed by atoms with Gasteiger partial charge < -0.3 is 10.0 Å². The molecule has 1 heterocycles. The van der Waals surface area contributed by atoms with Crippen LogP contribution < -0.4 is 0 Å². The number of rotatable bonds is 4. The maximum absolute atomic E-state index is 12.7.